The van der Waals surface area contributed by atoms with Crippen LogP contribution in [0.15, 0.2) is 54.6 Å². The molecule has 0 fully saturated rings. The van der Waals surface area contributed by atoms with Gasteiger partial charge in [0.25, 0.3) is 0 Å². The number of fused-ring (bicyclic) bond motifs is 1. The van der Waals surface area contributed by atoms with Crippen LogP contribution in [0, 0.1) is 0 Å². The van der Waals surface area contributed by atoms with Gasteiger partial charge >= 0.3 is 12.1 Å². The molecule has 1 aromatic rings. The molecule has 1 aliphatic rings. The normalized spacial score (nSPS) is 16.7. The third-order valence-corrected chi connectivity index (χ3v) is 4.41. The third kappa shape index (κ3) is 4.73. The molecule has 2 rings (SSSR count). The number of carbonyl (C=O) groups is 3. The zero-order chi connectivity index (χ0) is 19.8. The van der Waals surface area contributed by atoms with Crippen LogP contribution in [-0.2, 0) is 14.3 Å². The Kier molecular flexibility index (Phi) is 7.11. The highest BCUT2D eigenvalue weighted by atomic mass is 16.5. The number of allylic oxidation sites excluding steroid dienone is 4. The Bertz CT molecular complexity index is 794. The average Bonchev–Trinajstić information content (AvgIpc) is 2.96. The molecule has 2 N–H and O–H groups in total. The van der Waals surface area contributed by atoms with Crippen LogP contribution in [0.5, 0.6) is 0 Å². The number of aliphatic carboxylic acids is 1. The topological polar surface area (TPSA) is 92.7 Å². The van der Waals surface area contributed by atoms with Crippen LogP contribution >= 0.6 is 0 Å². The molecule has 0 radical (unpaired) electrons. The number of carboxylic acid groups (broad SMARTS) is 1. The van der Waals surface area contributed by atoms with E-state index >= 15 is 0 Å². The summed E-state index contributed by atoms with van der Waals surface area (Å²) < 4.78 is 5.31. The van der Waals surface area contributed by atoms with E-state index in [9.17, 15) is 14.4 Å². The van der Waals surface area contributed by atoms with E-state index in [4.69, 9.17) is 9.84 Å². The Morgan fingerprint density at radius 1 is 1.37 bits per heavy atom. The number of rotatable bonds is 9. The van der Waals surface area contributed by atoms with Gasteiger partial charge in [0.15, 0.2) is 0 Å². The number of aldehydes is 1. The SMILES string of the molecule is C=CC1=C(/C=C\C)C(COC(=O)NC(CCC=O)C(=O)O)c2ccccc21. The van der Waals surface area contributed by atoms with Crippen molar-refractivity contribution in [1.82, 2.24) is 5.32 Å². The number of hydrogen-bond donors (Lipinski definition) is 2. The molecule has 6 heteroatoms. The summed E-state index contributed by atoms with van der Waals surface area (Å²) in [6.07, 6.45) is 5.52. The standard InChI is InChI=1S/C21H23NO5/c1-3-8-15-14(4-2)16-9-5-6-10-17(16)18(15)13-27-21(26)22-19(20(24)25)11-7-12-23/h3-6,8-10,12,18-19H,2,7,11,13H2,1H3,(H,22,26)(H,24,25)/b8-3-. The Morgan fingerprint density at radius 3 is 2.74 bits per heavy atom. The summed E-state index contributed by atoms with van der Waals surface area (Å²) in [7, 11) is 0. The molecular weight excluding hydrogens is 346 g/mol. The number of hydrogen-bond acceptors (Lipinski definition) is 4. The molecule has 1 aliphatic carbocycles. The van der Waals surface area contributed by atoms with Crippen LogP contribution in [0.25, 0.3) is 5.57 Å². The van der Waals surface area contributed by atoms with Gasteiger partial charge in [-0.15, -0.1) is 0 Å². The Balaban J connectivity index is 2.12. The molecule has 0 bridgehead atoms. The first kappa shape index (κ1) is 20.2. The zero-order valence-electron chi connectivity index (χ0n) is 15.2. The second kappa shape index (κ2) is 9.52. The lowest BCUT2D eigenvalue weighted by Gasteiger charge is -2.17. The highest BCUT2D eigenvalue weighted by Crippen LogP contribution is 2.43. The van der Waals surface area contributed by atoms with Crippen LogP contribution in [0.3, 0.4) is 0 Å². The van der Waals surface area contributed by atoms with Crippen molar-refractivity contribution in [2.24, 2.45) is 0 Å². The smallest absolute Gasteiger partial charge is 0.407 e. The highest BCUT2D eigenvalue weighted by Gasteiger charge is 2.30. The number of alkyl carbamates (subject to hydrolysis) is 1. The Morgan fingerprint density at radius 2 is 2.11 bits per heavy atom. The van der Waals surface area contributed by atoms with E-state index in [1.807, 2.05) is 43.3 Å². The molecule has 0 spiro atoms. The van der Waals surface area contributed by atoms with E-state index in [1.54, 1.807) is 6.08 Å². The highest BCUT2D eigenvalue weighted by molar-refractivity contribution is 5.86. The van der Waals surface area contributed by atoms with Gasteiger partial charge in [0, 0.05) is 12.3 Å². The van der Waals surface area contributed by atoms with Crippen LogP contribution in [0.1, 0.15) is 36.8 Å². The summed E-state index contributed by atoms with van der Waals surface area (Å²) in [4.78, 5) is 33.7. The fourth-order valence-corrected chi connectivity index (χ4v) is 3.18. The van der Waals surface area contributed by atoms with E-state index < -0.39 is 18.1 Å². The molecule has 0 saturated carbocycles. The van der Waals surface area contributed by atoms with Gasteiger partial charge in [-0.05, 0) is 35.6 Å². The summed E-state index contributed by atoms with van der Waals surface area (Å²) in [6.45, 7) is 5.86. The summed E-state index contributed by atoms with van der Waals surface area (Å²) >= 11 is 0. The second-order valence-electron chi connectivity index (χ2n) is 6.09. The van der Waals surface area contributed by atoms with Crippen molar-refractivity contribution in [3.63, 3.8) is 0 Å². The monoisotopic (exact) mass is 369 g/mol. The van der Waals surface area contributed by atoms with Gasteiger partial charge in [-0.25, -0.2) is 9.59 Å². The van der Waals surface area contributed by atoms with Crippen LogP contribution < -0.4 is 5.32 Å². The van der Waals surface area contributed by atoms with Gasteiger partial charge < -0.3 is 20.0 Å². The van der Waals surface area contributed by atoms with Crippen molar-refractivity contribution in [2.75, 3.05) is 6.61 Å². The molecule has 27 heavy (non-hydrogen) atoms. The fraction of sp³-hybridized carbons (Fsp3) is 0.286. The van der Waals surface area contributed by atoms with Gasteiger partial charge in [-0.3, -0.25) is 0 Å². The first-order chi connectivity index (χ1) is 13.0. The quantitative estimate of drug-likeness (QED) is 0.650. The molecule has 142 valence electrons. The lowest BCUT2D eigenvalue weighted by atomic mass is 9.96. The summed E-state index contributed by atoms with van der Waals surface area (Å²) in [5.41, 5.74) is 4.07. The number of carboxylic acids is 1. The fourth-order valence-electron chi connectivity index (χ4n) is 3.18. The third-order valence-electron chi connectivity index (χ3n) is 4.41. The maximum atomic E-state index is 12.1. The summed E-state index contributed by atoms with van der Waals surface area (Å²) in [5.74, 6) is -1.36. The van der Waals surface area contributed by atoms with Crippen molar-refractivity contribution in [1.29, 1.82) is 0 Å². The zero-order valence-corrected chi connectivity index (χ0v) is 15.2. The minimum atomic E-state index is -1.21. The maximum absolute atomic E-state index is 12.1. The molecule has 1 amide bonds. The van der Waals surface area contributed by atoms with Gasteiger partial charge in [0.1, 0.15) is 18.9 Å². The first-order valence-electron chi connectivity index (χ1n) is 8.71. The Hall–Kier alpha value is -3.15. The molecule has 2 atom stereocenters. The lowest BCUT2D eigenvalue weighted by molar-refractivity contribution is -0.139. The molecule has 6 nitrogen and oxygen atoms in total. The summed E-state index contributed by atoms with van der Waals surface area (Å²) in [6, 6.07) is 6.68. The van der Waals surface area contributed by atoms with Crippen molar-refractivity contribution in [2.45, 2.75) is 31.7 Å². The predicted octanol–water partition coefficient (Wildman–Crippen LogP) is 3.46. The number of ether oxygens (including phenoxy) is 1. The van der Waals surface area contributed by atoms with E-state index in [1.165, 1.54) is 0 Å². The number of amides is 1. The van der Waals surface area contributed by atoms with Crippen molar-refractivity contribution < 1.29 is 24.2 Å². The van der Waals surface area contributed by atoms with Crippen LogP contribution in [-0.4, -0.2) is 36.1 Å². The molecule has 0 saturated heterocycles. The van der Waals surface area contributed by atoms with Crippen molar-refractivity contribution >= 4 is 23.9 Å². The Labute approximate surface area is 158 Å². The minimum Gasteiger partial charge on any atom is -0.480 e. The summed E-state index contributed by atoms with van der Waals surface area (Å²) in [5, 5.41) is 11.4. The predicted molar refractivity (Wildman–Crippen MR) is 102 cm³/mol. The van der Waals surface area contributed by atoms with E-state index in [-0.39, 0.29) is 25.4 Å². The molecule has 0 aliphatic heterocycles. The van der Waals surface area contributed by atoms with Gasteiger partial charge in [-0.2, -0.15) is 0 Å². The van der Waals surface area contributed by atoms with Crippen molar-refractivity contribution in [3.8, 4) is 0 Å². The largest absolute Gasteiger partial charge is 0.480 e. The first-order valence-corrected chi connectivity index (χ1v) is 8.71. The van der Waals surface area contributed by atoms with Crippen LogP contribution in [0.2, 0.25) is 0 Å². The van der Waals surface area contributed by atoms with E-state index in [0.717, 1.165) is 22.3 Å². The van der Waals surface area contributed by atoms with Crippen LogP contribution in [0.4, 0.5) is 4.79 Å². The number of benzene rings is 1. The molecule has 0 heterocycles. The second-order valence-corrected chi connectivity index (χ2v) is 6.09. The van der Waals surface area contributed by atoms with E-state index in [2.05, 4.69) is 11.9 Å². The number of nitrogens with one attached hydrogen (secondary N) is 1. The molecular formula is C21H23NO5. The number of carbonyl (C=O) groups excluding carboxylic acids is 2. The average molecular weight is 369 g/mol. The molecule has 2 unspecified atom stereocenters. The van der Waals surface area contributed by atoms with Crippen molar-refractivity contribution in [3.05, 3.63) is 65.8 Å². The molecule has 0 aromatic heterocycles. The molecule has 1 aromatic carbocycles. The lowest BCUT2D eigenvalue weighted by Crippen LogP contribution is -2.41. The van der Waals surface area contributed by atoms with Gasteiger partial charge in [0.05, 0.1) is 0 Å². The van der Waals surface area contributed by atoms with Gasteiger partial charge in [-0.1, -0.05) is 49.1 Å². The minimum absolute atomic E-state index is 0.0184. The maximum Gasteiger partial charge on any atom is 0.407 e. The van der Waals surface area contributed by atoms with E-state index in [0.29, 0.717) is 6.29 Å². The van der Waals surface area contributed by atoms with Gasteiger partial charge in [0.2, 0.25) is 0 Å².